The summed E-state index contributed by atoms with van der Waals surface area (Å²) < 4.78 is 14.5. The zero-order chi connectivity index (χ0) is 15.6. The lowest BCUT2D eigenvalue weighted by atomic mass is 10.1. The fraction of sp³-hybridized carbons (Fsp3) is 0.588. The average molecular weight is 380 g/mol. The van der Waals surface area contributed by atoms with Gasteiger partial charge in [0.1, 0.15) is 0 Å². The maximum Gasteiger partial charge on any atom is 0.156 e. The number of hydrogen-bond acceptors (Lipinski definition) is 4. The Hall–Kier alpha value is -1.11. The van der Waals surface area contributed by atoms with Crippen molar-refractivity contribution in [2.75, 3.05) is 25.1 Å². The molecule has 2 saturated heterocycles. The Morgan fingerprint density at radius 3 is 2.78 bits per heavy atom. The normalized spacial score (nSPS) is 23.3. The smallest absolute Gasteiger partial charge is 0.156 e. The molecule has 1 N–H and O–H groups in total. The molecule has 2 aliphatic heterocycles. The fourth-order valence-corrected chi connectivity index (χ4v) is 3.74. The average Bonchev–Trinajstić information content (AvgIpc) is 2.94. The first-order valence-corrected chi connectivity index (χ1v) is 9.24. The molecule has 124 valence electrons. The summed E-state index contributed by atoms with van der Waals surface area (Å²) >= 11 is 3.58. The summed E-state index contributed by atoms with van der Waals surface area (Å²) in [6.07, 6.45) is 5.48. The molecular formula is C17H22BrN3O2. The summed E-state index contributed by atoms with van der Waals surface area (Å²) in [6, 6.07) is 6.78. The van der Waals surface area contributed by atoms with Gasteiger partial charge in [-0.25, -0.2) is 4.68 Å². The maximum absolute atomic E-state index is 5.95. The number of nitrogens with zero attached hydrogens (tertiary/aromatic N) is 2. The predicted octanol–water partition coefficient (Wildman–Crippen LogP) is 4.09. The third kappa shape index (κ3) is 3.25. The standard InChI is InChI=1S/C17H22BrN3O2/c18-12-4-5-14-15(11-12)21(16-3-1-2-8-23-16)20-17(14)19-13-6-9-22-10-7-13/h4-5,11,13,16H,1-3,6-10H2,(H,19,20)/t16-/m1/s1. The third-order valence-corrected chi connectivity index (χ3v) is 5.15. The summed E-state index contributed by atoms with van der Waals surface area (Å²) in [5.41, 5.74) is 1.13. The Labute approximate surface area is 144 Å². The van der Waals surface area contributed by atoms with Crippen LogP contribution in [-0.4, -0.2) is 35.6 Å². The molecule has 0 aliphatic carbocycles. The fourth-order valence-electron chi connectivity index (χ4n) is 3.39. The lowest BCUT2D eigenvalue weighted by Gasteiger charge is -2.24. The number of anilines is 1. The van der Waals surface area contributed by atoms with Gasteiger partial charge in [-0.15, -0.1) is 0 Å². The highest BCUT2D eigenvalue weighted by atomic mass is 79.9. The molecule has 2 aromatic rings. The molecule has 0 spiro atoms. The Kier molecular flexibility index (Phi) is 4.55. The van der Waals surface area contributed by atoms with Gasteiger partial charge >= 0.3 is 0 Å². The van der Waals surface area contributed by atoms with Crippen molar-refractivity contribution >= 4 is 32.7 Å². The summed E-state index contributed by atoms with van der Waals surface area (Å²) in [5.74, 6) is 0.966. The molecule has 2 aliphatic rings. The second kappa shape index (κ2) is 6.79. The molecule has 23 heavy (non-hydrogen) atoms. The molecular weight excluding hydrogens is 358 g/mol. The molecule has 0 unspecified atom stereocenters. The molecule has 5 nitrogen and oxygen atoms in total. The zero-order valence-electron chi connectivity index (χ0n) is 13.1. The van der Waals surface area contributed by atoms with Gasteiger partial charge in [-0.1, -0.05) is 15.9 Å². The van der Waals surface area contributed by atoms with Crippen LogP contribution in [0.2, 0.25) is 0 Å². The summed E-state index contributed by atoms with van der Waals surface area (Å²) in [7, 11) is 0. The highest BCUT2D eigenvalue weighted by Gasteiger charge is 2.23. The number of halogens is 1. The van der Waals surface area contributed by atoms with E-state index in [0.29, 0.717) is 6.04 Å². The van der Waals surface area contributed by atoms with Gasteiger partial charge in [0.15, 0.2) is 12.0 Å². The number of ether oxygens (including phenoxy) is 2. The van der Waals surface area contributed by atoms with Gasteiger partial charge in [-0.3, -0.25) is 0 Å². The highest BCUT2D eigenvalue weighted by Crippen LogP contribution is 2.32. The first kappa shape index (κ1) is 15.4. The molecule has 1 atom stereocenters. The summed E-state index contributed by atoms with van der Waals surface area (Å²) in [4.78, 5) is 0. The van der Waals surface area contributed by atoms with Crippen molar-refractivity contribution in [1.29, 1.82) is 0 Å². The van der Waals surface area contributed by atoms with Crippen molar-refractivity contribution in [2.45, 2.75) is 44.4 Å². The zero-order valence-corrected chi connectivity index (χ0v) is 14.7. The van der Waals surface area contributed by atoms with Gasteiger partial charge in [0.25, 0.3) is 0 Å². The van der Waals surface area contributed by atoms with Gasteiger partial charge in [-0.2, -0.15) is 5.10 Å². The molecule has 2 fully saturated rings. The summed E-state index contributed by atoms with van der Waals surface area (Å²) in [6.45, 7) is 2.48. The SMILES string of the molecule is Brc1ccc2c(NC3CCOCC3)nn([C@H]3CCCCO3)c2c1. The Morgan fingerprint density at radius 1 is 1.13 bits per heavy atom. The molecule has 6 heteroatoms. The number of nitrogens with one attached hydrogen (secondary N) is 1. The van der Waals surface area contributed by atoms with Gasteiger partial charge in [0.2, 0.25) is 0 Å². The topological polar surface area (TPSA) is 48.3 Å². The molecule has 0 bridgehead atoms. The highest BCUT2D eigenvalue weighted by molar-refractivity contribution is 9.10. The first-order valence-electron chi connectivity index (χ1n) is 8.45. The molecule has 1 aromatic heterocycles. The van der Waals surface area contributed by atoms with Crippen LogP contribution in [0.5, 0.6) is 0 Å². The van der Waals surface area contributed by atoms with Crippen molar-refractivity contribution in [2.24, 2.45) is 0 Å². The minimum atomic E-state index is 0.0470. The quantitative estimate of drug-likeness (QED) is 0.872. The monoisotopic (exact) mass is 379 g/mol. The minimum Gasteiger partial charge on any atom is -0.381 e. The molecule has 0 radical (unpaired) electrons. The summed E-state index contributed by atoms with van der Waals surface area (Å²) in [5, 5.41) is 9.65. The molecule has 3 heterocycles. The van der Waals surface area contributed by atoms with Crippen LogP contribution >= 0.6 is 15.9 Å². The van der Waals surface area contributed by atoms with Crippen LogP contribution in [-0.2, 0) is 9.47 Å². The van der Waals surface area contributed by atoms with Gasteiger partial charge in [0.05, 0.1) is 5.52 Å². The predicted molar refractivity (Wildman–Crippen MR) is 93.7 cm³/mol. The number of benzene rings is 1. The van der Waals surface area contributed by atoms with Crippen LogP contribution in [0, 0.1) is 0 Å². The van der Waals surface area contributed by atoms with Crippen molar-refractivity contribution in [3.63, 3.8) is 0 Å². The second-order valence-corrected chi connectivity index (χ2v) is 7.22. The van der Waals surface area contributed by atoms with Crippen molar-refractivity contribution < 1.29 is 9.47 Å². The van der Waals surface area contributed by atoms with Crippen molar-refractivity contribution in [1.82, 2.24) is 9.78 Å². The van der Waals surface area contributed by atoms with Gasteiger partial charge < -0.3 is 14.8 Å². The van der Waals surface area contributed by atoms with Crippen molar-refractivity contribution in [3.8, 4) is 0 Å². The maximum atomic E-state index is 5.95. The van der Waals surface area contributed by atoms with Crippen LogP contribution in [0.15, 0.2) is 22.7 Å². The number of fused-ring (bicyclic) bond motifs is 1. The molecule has 4 rings (SSSR count). The van der Waals surface area contributed by atoms with E-state index in [1.54, 1.807) is 0 Å². The number of rotatable bonds is 3. The Morgan fingerprint density at radius 2 is 2.00 bits per heavy atom. The van der Waals surface area contributed by atoms with E-state index in [1.165, 1.54) is 6.42 Å². The van der Waals surface area contributed by atoms with Gasteiger partial charge in [0, 0.05) is 35.7 Å². The van der Waals surface area contributed by atoms with E-state index in [2.05, 4.69) is 44.1 Å². The van der Waals surface area contributed by atoms with E-state index in [4.69, 9.17) is 14.6 Å². The van der Waals surface area contributed by atoms with Crippen LogP contribution in [0.25, 0.3) is 10.9 Å². The lowest BCUT2D eigenvalue weighted by Crippen LogP contribution is -2.28. The third-order valence-electron chi connectivity index (χ3n) is 4.66. The second-order valence-electron chi connectivity index (χ2n) is 6.31. The van der Waals surface area contributed by atoms with E-state index in [0.717, 1.165) is 66.7 Å². The number of aromatic nitrogens is 2. The minimum absolute atomic E-state index is 0.0470. The van der Waals surface area contributed by atoms with E-state index in [9.17, 15) is 0 Å². The van der Waals surface area contributed by atoms with E-state index in [-0.39, 0.29) is 6.23 Å². The molecule has 0 saturated carbocycles. The molecule has 1 aromatic carbocycles. The Balaban J connectivity index is 1.69. The van der Waals surface area contributed by atoms with Crippen LogP contribution < -0.4 is 5.32 Å². The van der Waals surface area contributed by atoms with E-state index < -0.39 is 0 Å². The Bertz CT molecular complexity index is 676. The number of hydrogen-bond donors (Lipinski definition) is 1. The van der Waals surface area contributed by atoms with Crippen LogP contribution in [0.4, 0.5) is 5.82 Å². The van der Waals surface area contributed by atoms with E-state index >= 15 is 0 Å². The largest absolute Gasteiger partial charge is 0.381 e. The van der Waals surface area contributed by atoms with Gasteiger partial charge in [-0.05, 0) is 50.3 Å². The molecule has 0 amide bonds. The van der Waals surface area contributed by atoms with Crippen LogP contribution in [0.1, 0.15) is 38.3 Å². The van der Waals surface area contributed by atoms with Crippen LogP contribution in [0.3, 0.4) is 0 Å². The van der Waals surface area contributed by atoms with E-state index in [1.807, 2.05) is 0 Å². The first-order chi connectivity index (χ1) is 11.3. The lowest BCUT2D eigenvalue weighted by molar-refractivity contribution is -0.0365. The van der Waals surface area contributed by atoms with Crippen molar-refractivity contribution in [3.05, 3.63) is 22.7 Å².